The number of imide groups is 1. The van der Waals surface area contributed by atoms with Crippen LogP contribution in [0.25, 0.3) is 10.2 Å². The number of nitrogens with zero attached hydrogens (tertiary/aromatic N) is 2. The van der Waals surface area contributed by atoms with Crippen molar-refractivity contribution in [2.24, 2.45) is 0 Å². The van der Waals surface area contributed by atoms with Crippen LogP contribution in [-0.4, -0.2) is 27.1 Å². The van der Waals surface area contributed by atoms with Crippen molar-refractivity contribution in [3.8, 4) is 0 Å². The van der Waals surface area contributed by atoms with E-state index in [1.54, 1.807) is 15.9 Å². The summed E-state index contributed by atoms with van der Waals surface area (Å²) in [5, 5.41) is 3.70. The van der Waals surface area contributed by atoms with Gasteiger partial charge in [0.25, 0.3) is 5.56 Å². The van der Waals surface area contributed by atoms with E-state index in [1.807, 2.05) is 37.3 Å². The Morgan fingerprint density at radius 3 is 2.70 bits per heavy atom. The van der Waals surface area contributed by atoms with Crippen LogP contribution in [0.15, 0.2) is 40.3 Å². The number of hydrogen-bond donors (Lipinski definition) is 1. The molecule has 6 nitrogen and oxygen atoms in total. The van der Waals surface area contributed by atoms with Gasteiger partial charge in [0, 0.05) is 11.4 Å². The Hall–Kier alpha value is -2.45. The first-order valence-electron chi connectivity index (χ1n) is 10.1. The molecule has 30 heavy (non-hydrogen) atoms. The topological polar surface area (TPSA) is 81.1 Å². The van der Waals surface area contributed by atoms with Crippen LogP contribution in [0.2, 0.25) is 0 Å². The molecule has 0 bridgehead atoms. The summed E-state index contributed by atoms with van der Waals surface area (Å²) in [5.74, 6) is -0.693. The van der Waals surface area contributed by atoms with Crippen LogP contribution in [0.1, 0.15) is 35.8 Å². The number of fused-ring (bicyclic) bond motifs is 3. The van der Waals surface area contributed by atoms with Gasteiger partial charge in [0.05, 0.1) is 17.6 Å². The number of rotatable bonds is 6. The maximum absolute atomic E-state index is 13.1. The molecule has 0 atom stereocenters. The molecule has 8 heteroatoms. The lowest BCUT2D eigenvalue weighted by Crippen LogP contribution is -2.33. The summed E-state index contributed by atoms with van der Waals surface area (Å²) in [5.41, 5.74) is 2.00. The van der Waals surface area contributed by atoms with Gasteiger partial charge in [-0.15, -0.1) is 11.3 Å². The van der Waals surface area contributed by atoms with Gasteiger partial charge >= 0.3 is 0 Å². The standard InChI is InChI=1S/C22H23N3O3S2/c1-2-25-21(28)19-15-10-6-7-11-16(15)30-20(19)24-22(25)29-13-18(27)23-17(26)12-14-8-4-3-5-9-14/h3-5,8-9H,2,6-7,10-13H2,1H3,(H,23,26,27). The molecule has 1 aliphatic rings. The van der Waals surface area contributed by atoms with Gasteiger partial charge in [-0.1, -0.05) is 42.1 Å². The maximum Gasteiger partial charge on any atom is 0.263 e. The Morgan fingerprint density at radius 1 is 1.17 bits per heavy atom. The SMILES string of the molecule is CCn1c(SCC(=O)NC(=O)Cc2ccccc2)nc2sc3c(c2c1=O)CCCC3. The number of aromatic nitrogens is 2. The zero-order valence-corrected chi connectivity index (χ0v) is 18.4. The summed E-state index contributed by atoms with van der Waals surface area (Å²) in [6, 6.07) is 9.28. The summed E-state index contributed by atoms with van der Waals surface area (Å²) in [7, 11) is 0. The van der Waals surface area contributed by atoms with Crippen molar-refractivity contribution in [3.63, 3.8) is 0 Å². The second-order valence-corrected chi connectivity index (χ2v) is 9.28. The lowest BCUT2D eigenvalue weighted by molar-refractivity contribution is -0.128. The van der Waals surface area contributed by atoms with E-state index in [1.165, 1.54) is 22.2 Å². The largest absolute Gasteiger partial charge is 0.295 e. The number of carbonyl (C=O) groups is 2. The Morgan fingerprint density at radius 2 is 1.93 bits per heavy atom. The van der Waals surface area contributed by atoms with Gasteiger partial charge in [-0.3, -0.25) is 24.3 Å². The number of carbonyl (C=O) groups excluding carboxylic acids is 2. The molecular formula is C22H23N3O3S2. The Balaban J connectivity index is 1.47. The number of thioether (sulfide) groups is 1. The van der Waals surface area contributed by atoms with Crippen molar-refractivity contribution >= 4 is 45.1 Å². The number of aryl methyl sites for hydroxylation is 2. The fourth-order valence-electron chi connectivity index (χ4n) is 3.76. The quantitative estimate of drug-likeness (QED) is 0.469. The second kappa shape index (κ2) is 9.14. The van der Waals surface area contributed by atoms with Crippen LogP contribution < -0.4 is 10.9 Å². The molecule has 1 aliphatic carbocycles. The van der Waals surface area contributed by atoms with Crippen molar-refractivity contribution in [2.75, 3.05) is 5.75 Å². The number of hydrogen-bond acceptors (Lipinski definition) is 6. The molecule has 0 saturated carbocycles. The lowest BCUT2D eigenvalue weighted by atomic mass is 9.97. The van der Waals surface area contributed by atoms with E-state index in [-0.39, 0.29) is 29.5 Å². The van der Waals surface area contributed by atoms with Crippen LogP contribution in [-0.2, 0) is 35.4 Å². The first-order valence-corrected chi connectivity index (χ1v) is 11.9. The van der Waals surface area contributed by atoms with E-state index in [0.29, 0.717) is 11.7 Å². The number of amides is 2. The van der Waals surface area contributed by atoms with Crippen molar-refractivity contribution in [2.45, 2.75) is 50.7 Å². The zero-order valence-electron chi connectivity index (χ0n) is 16.8. The Kier molecular flexibility index (Phi) is 6.34. The van der Waals surface area contributed by atoms with E-state index in [2.05, 4.69) is 5.32 Å². The van der Waals surface area contributed by atoms with Crippen LogP contribution in [0.5, 0.6) is 0 Å². The van der Waals surface area contributed by atoms with E-state index in [0.717, 1.165) is 41.5 Å². The number of nitrogens with one attached hydrogen (secondary N) is 1. The highest BCUT2D eigenvalue weighted by Crippen LogP contribution is 2.34. The highest BCUT2D eigenvalue weighted by atomic mass is 32.2. The van der Waals surface area contributed by atoms with Crippen molar-refractivity contribution in [3.05, 3.63) is 56.7 Å². The van der Waals surface area contributed by atoms with Crippen molar-refractivity contribution < 1.29 is 9.59 Å². The van der Waals surface area contributed by atoms with Crippen LogP contribution in [0.3, 0.4) is 0 Å². The van der Waals surface area contributed by atoms with Gasteiger partial charge in [0.1, 0.15) is 4.83 Å². The predicted molar refractivity (Wildman–Crippen MR) is 120 cm³/mol. The number of thiophene rings is 1. The van der Waals surface area contributed by atoms with Gasteiger partial charge in [-0.05, 0) is 43.7 Å². The first-order chi connectivity index (χ1) is 14.6. The van der Waals surface area contributed by atoms with Crippen molar-refractivity contribution in [1.82, 2.24) is 14.9 Å². The molecule has 0 saturated heterocycles. The second-order valence-electron chi connectivity index (χ2n) is 7.26. The van der Waals surface area contributed by atoms with Gasteiger partial charge in [0.15, 0.2) is 5.16 Å². The molecule has 1 N–H and O–H groups in total. The van der Waals surface area contributed by atoms with E-state index in [9.17, 15) is 14.4 Å². The third kappa shape index (κ3) is 4.34. The predicted octanol–water partition coefficient (Wildman–Crippen LogP) is 3.33. The molecule has 1 aromatic carbocycles. The lowest BCUT2D eigenvalue weighted by Gasteiger charge is -2.12. The molecule has 2 amide bonds. The Bertz CT molecular complexity index is 1150. The molecule has 0 spiro atoms. The molecule has 156 valence electrons. The van der Waals surface area contributed by atoms with Crippen molar-refractivity contribution in [1.29, 1.82) is 0 Å². The van der Waals surface area contributed by atoms with E-state index < -0.39 is 0 Å². The molecule has 0 aliphatic heterocycles. The molecule has 4 rings (SSSR count). The average Bonchev–Trinajstić information content (AvgIpc) is 3.11. The van der Waals surface area contributed by atoms with E-state index >= 15 is 0 Å². The fraction of sp³-hybridized carbons (Fsp3) is 0.364. The minimum absolute atomic E-state index is 0.0232. The molecule has 2 aromatic heterocycles. The molecule has 3 aromatic rings. The molecule has 2 heterocycles. The fourth-order valence-corrected chi connectivity index (χ4v) is 5.92. The van der Waals surface area contributed by atoms with Gasteiger partial charge in [-0.25, -0.2) is 4.98 Å². The Labute approximate surface area is 182 Å². The highest BCUT2D eigenvalue weighted by molar-refractivity contribution is 7.99. The number of benzene rings is 1. The maximum atomic E-state index is 13.1. The summed E-state index contributed by atoms with van der Waals surface area (Å²) in [4.78, 5) is 44.2. The van der Waals surface area contributed by atoms with Gasteiger partial charge in [0.2, 0.25) is 11.8 Å². The normalized spacial score (nSPS) is 13.2. The minimum atomic E-state index is -0.386. The summed E-state index contributed by atoms with van der Waals surface area (Å²) in [6.07, 6.45) is 4.37. The summed E-state index contributed by atoms with van der Waals surface area (Å²) in [6.45, 7) is 2.39. The summed E-state index contributed by atoms with van der Waals surface area (Å²) >= 11 is 2.80. The molecule has 0 fully saturated rings. The molecule has 0 radical (unpaired) electrons. The van der Waals surface area contributed by atoms with Crippen LogP contribution in [0, 0.1) is 0 Å². The van der Waals surface area contributed by atoms with Crippen LogP contribution >= 0.6 is 23.1 Å². The van der Waals surface area contributed by atoms with Gasteiger partial charge < -0.3 is 0 Å². The molecule has 0 unspecified atom stereocenters. The molecular weight excluding hydrogens is 418 g/mol. The van der Waals surface area contributed by atoms with Gasteiger partial charge in [-0.2, -0.15) is 0 Å². The monoisotopic (exact) mass is 441 g/mol. The average molecular weight is 442 g/mol. The van der Waals surface area contributed by atoms with E-state index in [4.69, 9.17) is 4.98 Å². The zero-order chi connectivity index (χ0) is 21.1. The summed E-state index contributed by atoms with van der Waals surface area (Å²) < 4.78 is 1.63. The first kappa shape index (κ1) is 20.8. The smallest absolute Gasteiger partial charge is 0.263 e. The highest BCUT2D eigenvalue weighted by Gasteiger charge is 2.22. The third-order valence-corrected chi connectivity index (χ3v) is 7.34. The van der Waals surface area contributed by atoms with Crippen LogP contribution in [0.4, 0.5) is 0 Å². The minimum Gasteiger partial charge on any atom is -0.295 e. The third-order valence-electron chi connectivity index (χ3n) is 5.17.